The summed E-state index contributed by atoms with van der Waals surface area (Å²) < 4.78 is 0. The van der Waals surface area contributed by atoms with Crippen LogP contribution < -0.4 is 5.56 Å². The Balaban J connectivity index is 2.16. The number of thioether (sulfide) groups is 1. The molecule has 0 spiro atoms. The SMILES string of the molecule is CCCCCCCCSc1nc(O)cc(=O)[nH]1. The van der Waals surface area contributed by atoms with Crippen LogP contribution in [0, 0.1) is 0 Å². The zero-order valence-electron chi connectivity index (χ0n) is 10.2. The van der Waals surface area contributed by atoms with E-state index in [0.29, 0.717) is 5.16 Å². The van der Waals surface area contributed by atoms with Crippen LogP contribution in [0.25, 0.3) is 0 Å². The van der Waals surface area contributed by atoms with Crippen LogP contribution in [0.3, 0.4) is 0 Å². The number of rotatable bonds is 8. The summed E-state index contributed by atoms with van der Waals surface area (Å²) >= 11 is 1.49. The predicted octanol–water partition coefficient (Wildman–Crippen LogP) is 2.93. The molecule has 1 aromatic heterocycles. The molecule has 5 heteroatoms. The standard InChI is InChI=1S/C12H20N2O2S/c1-2-3-4-5-6-7-8-17-12-13-10(15)9-11(16)14-12/h9H,2-8H2,1H3,(H2,13,14,15,16). The molecule has 17 heavy (non-hydrogen) atoms. The van der Waals surface area contributed by atoms with E-state index in [1.807, 2.05) is 0 Å². The lowest BCUT2D eigenvalue weighted by Gasteiger charge is -2.01. The van der Waals surface area contributed by atoms with Crippen molar-refractivity contribution in [3.63, 3.8) is 0 Å². The maximum atomic E-state index is 11.0. The van der Waals surface area contributed by atoms with Crippen LogP contribution in [0.4, 0.5) is 0 Å². The van der Waals surface area contributed by atoms with Crippen molar-refractivity contribution in [3.05, 3.63) is 16.4 Å². The van der Waals surface area contributed by atoms with Gasteiger partial charge in [-0.05, 0) is 6.42 Å². The predicted molar refractivity (Wildman–Crippen MR) is 70.6 cm³/mol. The molecule has 0 aromatic carbocycles. The minimum absolute atomic E-state index is 0.209. The summed E-state index contributed by atoms with van der Waals surface area (Å²) in [7, 11) is 0. The van der Waals surface area contributed by atoms with E-state index >= 15 is 0 Å². The Hall–Kier alpha value is -0.970. The largest absolute Gasteiger partial charge is 0.493 e. The van der Waals surface area contributed by atoms with Gasteiger partial charge in [0.2, 0.25) is 5.88 Å². The van der Waals surface area contributed by atoms with Crippen molar-refractivity contribution in [2.75, 3.05) is 5.75 Å². The van der Waals surface area contributed by atoms with E-state index < -0.39 is 0 Å². The lowest BCUT2D eigenvalue weighted by atomic mass is 10.1. The van der Waals surface area contributed by atoms with Crippen LogP contribution >= 0.6 is 11.8 Å². The molecule has 0 aliphatic heterocycles. The van der Waals surface area contributed by atoms with Crippen molar-refractivity contribution < 1.29 is 5.11 Å². The molecule has 1 heterocycles. The van der Waals surface area contributed by atoms with Gasteiger partial charge in [0.1, 0.15) is 0 Å². The number of aromatic amines is 1. The summed E-state index contributed by atoms with van der Waals surface area (Å²) in [6.07, 6.45) is 7.50. The van der Waals surface area contributed by atoms with Crippen molar-refractivity contribution in [3.8, 4) is 5.88 Å². The van der Waals surface area contributed by atoms with Gasteiger partial charge in [0.25, 0.3) is 5.56 Å². The number of hydrogen-bond donors (Lipinski definition) is 2. The monoisotopic (exact) mass is 256 g/mol. The van der Waals surface area contributed by atoms with E-state index in [9.17, 15) is 4.79 Å². The first-order valence-electron chi connectivity index (χ1n) is 6.15. The molecule has 0 unspecified atom stereocenters. The Kier molecular flexibility index (Phi) is 6.77. The number of hydrogen-bond acceptors (Lipinski definition) is 4. The van der Waals surface area contributed by atoms with E-state index in [-0.39, 0.29) is 11.4 Å². The summed E-state index contributed by atoms with van der Waals surface area (Å²) in [5, 5.41) is 9.65. The third-order valence-electron chi connectivity index (χ3n) is 2.44. The van der Waals surface area contributed by atoms with Crippen molar-refractivity contribution in [1.82, 2.24) is 9.97 Å². The fraction of sp³-hybridized carbons (Fsp3) is 0.667. The third kappa shape index (κ3) is 6.36. The number of H-pyrrole nitrogens is 1. The number of aromatic hydroxyl groups is 1. The summed E-state index contributed by atoms with van der Waals surface area (Å²) in [5.41, 5.74) is -0.303. The van der Waals surface area contributed by atoms with Gasteiger partial charge in [-0.25, -0.2) is 0 Å². The van der Waals surface area contributed by atoms with Crippen molar-refractivity contribution in [2.45, 2.75) is 50.6 Å². The van der Waals surface area contributed by atoms with E-state index in [1.54, 1.807) is 0 Å². The molecule has 0 aliphatic rings. The van der Waals surface area contributed by atoms with Crippen molar-refractivity contribution in [2.24, 2.45) is 0 Å². The minimum atomic E-state index is -0.303. The first kappa shape index (κ1) is 14.1. The highest BCUT2D eigenvalue weighted by Crippen LogP contribution is 2.16. The lowest BCUT2D eigenvalue weighted by Crippen LogP contribution is -2.06. The van der Waals surface area contributed by atoms with E-state index in [2.05, 4.69) is 16.9 Å². The van der Waals surface area contributed by atoms with E-state index in [0.717, 1.165) is 18.2 Å². The first-order chi connectivity index (χ1) is 8.22. The molecule has 0 atom stereocenters. The number of unbranched alkanes of at least 4 members (excludes halogenated alkanes) is 5. The van der Waals surface area contributed by atoms with Crippen LogP contribution in [0.2, 0.25) is 0 Å². The zero-order valence-corrected chi connectivity index (χ0v) is 11.1. The molecule has 0 bridgehead atoms. The molecule has 4 nitrogen and oxygen atoms in total. The number of nitrogens with zero attached hydrogens (tertiary/aromatic N) is 1. The summed E-state index contributed by atoms with van der Waals surface area (Å²) in [4.78, 5) is 17.5. The molecule has 0 radical (unpaired) electrons. The molecule has 96 valence electrons. The Labute approximate surface area is 106 Å². The molecule has 1 aromatic rings. The van der Waals surface area contributed by atoms with Gasteiger partial charge in [-0.3, -0.25) is 4.79 Å². The van der Waals surface area contributed by atoms with Gasteiger partial charge < -0.3 is 10.1 Å². The molecule has 0 saturated heterocycles. The summed E-state index contributed by atoms with van der Waals surface area (Å²) in [6.45, 7) is 2.21. The van der Waals surface area contributed by atoms with Crippen LogP contribution in [-0.2, 0) is 0 Å². The highest BCUT2D eigenvalue weighted by atomic mass is 32.2. The van der Waals surface area contributed by atoms with Crippen molar-refractivity contribution in [1.29, 1.82) is 0 Å². The molecule has 0 amide bonds. The minimum Gasteiger partial charge on any atom is -0.493 e. The molecule has 0 saturated carbocycles. The summed E-state index contributed by atoms with van der Waals surface area (Å²) in [6, 6.07) is 1.08. The van der Waals surface area contributed by atoms with Gasteiger partial charge in [0.05, 0.1) is 6.07 Å². The molecular weight excluding hydrogens is 236 g/mol. The highest BCUT2D eigenvalue weighted by Gasteiger charge is 2.00. The Bertz CT molecular complexity index is 379. The smallest absolute Gasteiger partial charge is 0.255 e. The van der Waals surface area contributed by atoms with E-state index in [4.69, 9.17) is 5.11 Å². The third-order valence-corrected chi connectivity index (χ3v) is 3.40. The van der Waals surface area contributed by atoms with Gasteiger partial charge >= 0.3 is 0 Å². The second-order valence-corrected chi connectivity index (χ2v) is 5.11. The molecular formula is C12H20N2O2S. The van der Waals surface area contributed by atoms with Gasteiger partial charge in [0.15, 0.2) is 5.16 Å². The maximum absolute atomic E-state index is 11.0. The normalized spacial score (nSPS) is 10.6. The highest BCUT2D eigenvalue weighted by molar-refractivity contribution is 7.99. The quantitative estimate of drug-likeness (QED) is 0.426. The van der Waals surface area contributed by atoms with Crippen LogP contribution in [0.15, 0.2) is 16.0 Å². The number of aromatic nitrogens is 2. The topological polar surface area (TPSA) is 66.0 Å². The van der Waals surface area contributed by atoms with Gasteiger partial charge in [-0.15, -0.1) is 0 Å². The van der Waals surface area contributed by atoms with Crippen LogP contribution in [0.5, 0.6) is 5.88 Å². The Morgan fingerprint density at radius 2 is 2.00 bits per heavy atom. The fourth-order valence-corrected chi connectivity index (χ4v) is 2.42. The lowest BCUT2D eigenvalue weighted by molar-refractivity contribution is 0.444. The van der Waals surface area contributed by atoms with Crippen LogP contribution in [0.1, 0.15) is 45.4 Å². The Morgan fingerprint density at radius 3 is 2.71 bits per heavy atom. The Morgan fingerprint density at radius 1 is 1.29 bits per heavy atom. The number of nitrogens with one attached hydrogen (secondary N) is 1. The second-order valence-electron chi connectivity index (χ2n) is 4.02. The fourth-order valence-electron chi connectivity index (χ4n) is 1.54. The molecule has 0 aliphatic carbocycles. The molecule has 1 rings (SSSR count). The summed E-state index contributed by atoms with van der Waals surface area (Å²) in [5.74, 6) is 0.720. The van der Waals surface area contributed by atoms with Crippen LogP contribution in [-0.4, -0.2) is 20.8 Å². The molecule has 0 fully saturated rings. The van der Waals surface area contributed by atoms with Gasteiger partial charge in [-0.2, -0.15) is 4.98 Å². The van der Waals surface area contributed by atoms with Gasteiger partial charge in [-0.1, -0.05) is 50.8 Å². The average Bonchev–Trinajstić information content (AvgIpc) is 2.26. The first-order valence-corrected chi connectivity index (χ1v) is 7.14. The van der Waals surface area contributed by atoms with Crippen molar-refractivity contribution >= 4 is 11.8 Å². The van der Waals surface area contributed by atoms with Gasteiger partial charge in [0, 0.05) is 5.75 Å². The maximum Gasteiger partial charge on any atom is 0.255 e. The zero-order chi connectivity index (χ0) is 12.5. The molecule has 2 N–H and O–H groups in total. The second kappa shape index (κ2) is 8.17. The van der Waals surface area contributed by atoms with E-state index in [1.165, 1.54) is 43.9 Å². The average molecular weight is 256 g/mol.